The van der Waals surface area contributed by atoms with E-state index in [-0.39, 0.29) is 24.5 Å². The lowest BCUT2D eigenvalue weighted by molar-refractivity contribution is 0.104. The zero-order chi connectivity index (χ0) is 23.8. The van der Waals surface area contributed by atoms with Gasteiger partial charge in [-0.05, 0) is 36.4 Å². The van der Waals surface area contributed by atoms with Crippen molar-refractivity contribution in [2.75, 3.05) is 27.9 Å². The molecule has 1 heterocycles. The van der Waals surface area contributed by atoms with E-state index in [1.54, 1.807) is 54.1 Å². The highest BCUT2D eigenvalue weighted by atomic mass is 16.5. The van der Waals surface area contributed by atoms with Crippen LogP contribution in [0.15, 0.2) is 65.5 Å². The average Bonchev–Trinajstić information content (AvgIpc) is 3.18. The lowest BCUT2D eigenvalue weighted by Crippen LogP contribution is -2.26. The van der Waals surface area contributed by atoms with Crippen molar-refractivity contribution in [2.24, 2.45) is 0 Å². The van der Waals surface area contributed by atoms with Gasteiger partial charge in [0.2, 0.25) is 0 Å². The Balaban J connectivity index is 1.66. The number of rotatable bonds is 7. The van der Waals surface area contributed by atoms with Crippen LogP contribution in [-0.4, -0.2) is 38.3 Å². The molecule has 0 N–H and O–H groups in total. The second-order valence-corrected chi connectivity index (χ2v) is 7.80. The Hall–Kier alpha value is -4.26. The van der Waals surface area contributed by atoms with Crippen LogP contribution in [0.4, 0.5) is 0 Å². The van der Waals surface area contributed by atoms with Crippen LogP contribution in [0.2, 0.25) is 0 Å². The first-order valence-electron chi connectivity index (χ1n) is 10.8. The molecule has 1 aliphatic rings. The standard InChI is InChI=1S/C27H23NO6/c1-31-16-8-10-17(11-9-16)34-15-14-28-24-18-6-4-5-7-19(18)25(29)22(24)20-12-13-21(32-2)26(33-3)23(20)27(28)30/h4-13H,14-15H2,1-3H3. The normalized spacial score (nSPS) is 11.8. The Morgan fingerprint density at radius 3 is 2.15 bits per heavy atom. The highest BCUT2D eigenvalue weighted by Crippen LogP contribution is 2.43. The summed E-state index contributed by atoms with van der Waals surface area (Å²) in [4.78, 5) is 27.3. The summed E-state index contributed by atoms with van der Waals surface area (Å²) in [6, 6.07) is 18.0. The van der Waals surface area contributed by atoms with Crippen LogP contribution in [-0.2, 0) is 6.54 Å². The van der Waals surface area contributed by atoms with Gasteiger partial charge >= 0.3 is 0 Å². The van der Waals surface area contributed by atoms with Crippen molar-refractivity contribution in [3.05, 3.63) is 82.1 Å². The SMILES string of the molecule is COc1ccc(OCCn2c3c(c4ccc(OC)c(OC)c4c2=O)C(=O)c2ccccc2-3)cc1. The molecule has 0 spiro atoms. The summed E-state index contributed by atoms with van der Waals surface area (Å²) in [6.45, 7) is 0.470. The molecule has 0 fully saturated rings. The zero-order valence-electron chi connectivity index (χ0n) is 19.1. The Morgan fingerprint density at radius 1 is 0.765 bits per heavy atom. The third-order valence-electron chi connectivity index (χ3n) is 6.08. The highest BCUT2D eigenvalue weighted by molar-refractivity contribution is 6.27. The second-order valence-electron chi connectivity index (χ2n) is 7.80. The van der Waals surface area contributed by atoms with Crippen LogP contribution in [0.3, 0.4) is 0 Å². The third kappa shape index (κ3) is 3.28. The fraction of sp³-hybridized carbons (Fsp3) is 0.185. The smallest absolute Gasteiger partial charge is 0.262 e. The molecule has 3 aromatic carbocycles. The number of hydrogen-bond acceptors (Lipinski definition) is 6. The lowest BCUT2D eigenvalue weighted by atomic mass is 10.0. The van der Waals surface area contributed by atoms with Gasteiger partial charge in [0.1, 0.15) is 18.1 Å². The Kier molecular flexibility index (Phi) is 5.45. The molecule has 0 bridgehead atoms. The van der Waals surface area contributed by atoms with Gasteiger partial charge in [-0.25, -0.2) is 0 Å². The van der Waals surface area contributed by atoms with Crippen molar-refractivity contribution in [1.82, 2.24) is 4.57 Å². The molecule has 0 radical (unpaired) electrons. The van der Waals surface area contributed by atoms with Gasteiger partial charge < -0.3 is 23.5 Å². The topological polar surface area (TPSA) is 76.0 Å². The maximum Gasteiger partial charge on any atom is 0.262 e. The van der Waals surface area contributed by atoms with E-state index in [0.29, 0.717) is 44.8 Å². The molecule has 5 rings (SSSR count). The molecule has 7 nitrogen and oxygen atoms in total. The first-order valence-corrected chi connectivity index (χ1v) is 10.8. The molecular formula is C27H23NO6. The number of nitrogens with zero attached hydrogens (tertiary/aromatic N) is 1. The van der Waals surface area contributed by atoms with Crippen molar-refractivity contribution in [3.8, 4) is 34.3 Å². The minimum atomic E-state index is -0.271. The predicted molar refractivity (Wildman–Crippen MR) is 129 cm³/mol. The van der Waals surface area contributed by atoms with Gasteiger partial charge in [0, 0.05) is 16.5 Å². The molecule has 1 aliphatic carbocycles. The molecule has 0 atom stereocenters. The minimum Gasteiger partial charge on any atom is -0.497 e. The first-order chi connectivity index (χ1) is 16.6. The molecule has 0 saturated carbocycles. The Bertz CT molecular complexity index is 1470. The molecule has 172 valence electrons. The van der Waals surface area contributed by atoms with Crippen LogP contribution in [0.25, 0.3) is 22.0 Å². The summed E-state index contributed by atoms with van der Waals surface area (Å²) in [7, 11) is 4.60. The van der Waals surface area contributed by atoms with Gasteiger partial charge in [-0.2, -0.15) is 0 Å². The molecule has 0 unspecified atom stereocenters. The van der Waals surface area contributed by atoms with Gasteiger partial charge in [0.15, 0.2) is 17.3 Å². The van der Waals surface area contributed by atoms with Crippen molar-refractivity contribution >= 4 is 16.6 Å². The van der Waals surface area contributed by atoms with Crippen LogP contribution in [0.1, 0.15) is 15.9 Å². The van der Waals surface area contributed by atoms with E-state index < -0.39 is 0 Å². The zero-order valence-corrected chi connectivity index (χ0v) is 19.1. The number of methoxy groups -OCH3 is 3. The summed E-state index contributed by atoms with van der Waals surface area (Å²) in [5.41, 5.74) is 2.13. The Morgan fingerprint density at radius 2 is 1.47 bits per heavy atom. The summed E-state index contributed by atoms with van der Waals surface area (Å²) < 4.78 is 23.7. The van der Waals surface area contributed by atoms with Gasteiger partial charge in [-0.1, -0.05) is 24.3 Å². The molecule has 7 heteroatoms. The van der Waals surface area contributed by atoms with E-state index in [4.69, 9.17) is 18.9 Å². The number of pyridine rings is 1. The molecule has 4 aromatic rings. The van der Waals surface area contributed by atoms with E-state index in [1.165, 1.54) is 14.2 Å². The number of carbonyl (C=O) groups is 1. The maximum absolute atomic E-state index is 13.8. The molecule has 0 saturated heterocycles. The number of carbonyl (C=O) groups excluding carboxylic acids is 1. The van der Waals surface area contributed by atoms with Crippen LogP contribution in [0, 0.1) is 0 Å². The largest absolute Gasteiger partial charge is 0.497 e. The number of hydrogen-bond donors (Lipinski definition) is 0. The fourth-order valence-electron chi connectivity index (χ4n) is 4.52. The quantitative estimate of drug-likeness (QED) is 0.362. The molecule has 1 aromatic heterocycles. The van der Waals surface area contributed by atoms with E-state index in [9.17, 15) is 9.59 Å². The number of ether oxygens (including phenoxy) is 4. The van der Waals surface area contributed by atoms with E-state index in [1.807, 2.05) is 18.2 Å². The first kappa shape index (κ1) is 21.6. The number of fused-ring (bicyclic) bond motifs is 5. The average molecular weight is 457 g/mol. The monoisotopic (exact) mass is 457 g/mol. The summed E-state index contributed by atoms with van der Waals surface area (Å²) in [5, 5.41) is 0.859. The van der Waals surface area contributed by atoms with Crippen molar-refractivity contribution in [3.63, 3.8) is 0 Å². The molecule has 0 aliphatic heterocycles. The predicted octanol–water partition coefficient (Wildman–Crippen LogP) is 4.32. The van der Waals surface area contributed by atoms with Gasteiger partial charge in [-0.3, -0.25) is 9.59 Å². The van der Waals surface area contributed by atoms with Gasteiger partial charge in [0.25, 0.3) is 5.56 Å². The summed E-state index contributed by atoms with van der Waals surface area (Å²) >= 11 is 0. The van der Waals surface area contributed by atoms with Crippen LogP contribution in [0.5, 0.6) is 23.0 Å². The molecular weight excluding hydrogens is 434 g/mol. The number of ketones is 1. The maximum atomic E-state index is 13.8. The number of benzene rings is 3. The number of aromatic nitrogens is 1. The van der Waals surface area contributed by atoms with Crippen molar-refractivity contribution in [1.29, 1.82) is 0 Å². The Labute approximate surface area is 196 Å². The van der Waals surface area contributed by atoms with E-state index in [2.05, 4.69) is 0 Å². The lowest BCUT2D eigenvalue weighted by Gasteiger charge is -2.18. The van der Waals surface area contributed by atoms with Gasteiger partial charge in [-0.15, -0.1) is 0 Å². The van der Waals surface area contributed by atoms with Crippen LogP contribution >= 0.6 is 0 Å². The molecule has 0 amide bonds. The van der Waals surface area contributed by atoms with E-state index >= 15 is 0 Å². The third-order valence-corrected chi connectivity index (χ3v) is 6.08. The van der Waals surface area contributed by atoms with Crippen molar-refractivity contribution < 1.29 is 23.7 Å². The van der Waals surface area contributed by atoms with Crippen molar-refractivity contribution in [2.45, 2.75) is 6.54 Å². The molecule has 34 heavy (non-hydrogen) atoms. The summed E-state index contributed by atoms with van der Waals surface area (Å²) in [6.07, 6.45) is 0. The second kappa shape index (κ2) is 8.59. The van der Waals surface area contributed by atoms with Crippen LogP contribution < -0.4 is 24.5 Å². The van der Waals surface area contributed by atoms with Gasteiger partial charge in [0.05, 0.1) is 44.5 Å². The summed E-state index contributed by atoms with van der Waals surface area (Å²) in [5.74, 6) is 2.00. The fourth-order valence-corrected chi connectivity index (χ4v) is 4.52. The minimum absolute atomic E-state index is 0.118. The van der Waals surface area contributed by atoms with E-state index in [0.717, 1.165) is 11.3 Å². The highest BCUT2D eigenvalue weighted by Gasteiger charge is 2.33.